The molecule has 3 heteroatoms. The van der Waals surface area contributed by atoms with Crippen molar-refractivity contribution in [3.8, 4) is 89.3 Å². The molecule has 5 aliphatic carbocycles. The Morgan fingerprint density at radius 1 is 0.235 bits per heavy atom. The topological polar surface area (TPSA) is 23.0 Å². The molecular formula is C95H58N2O. The van der Waals surface area contributed by atoms with Crippen LogP contribution in [0.2, 0.25) is 0 Å². The van der Waals surface area contributed by atoms with Gasteiger partial charge in [0.2, 0.25) is 0 Å². The van der Waals surface area contributed by atoms with Crippen molar-refractivity contribution >= 4 is 65.6 Å². The first-order valence-corrected chi connectivity index (χ1v) is 34.5. The Kier molecular flexibility index (Phi) is 10.1. The van der Waals surface area contributed by atoms with Crippen molar-refractivity contribution < 1.29 is 4.42 Å². The Labute approximate surface area is 566 Å². The normalized spacial score (nSPS) is 15.7. The van der Waals surface area contributed by atoms with Crippen LogP contribution in [0, 0.1) is 0 Å². The smallest absolute Gasteiger partial charge is 0.135 e. The van der Waals surface area contributed by atoms with E-state index in [4.69, 9.17) is 4.42 Å². The van der Waals surface area contributed by atoms with Gasteiger partial charge in [-0.05, 0) is 195 Å². The van der Waals surface area contributed by atoms with Crippen LogP contribution in [-0.2, 0) is 16.2 Å². The molecule has 18 aromatic rings. The highest BCUT2D eigenvalue weighted by atomic mass is 16.3. The second kappa shape index (κ2) is 18.6. The number of furan rings is 1. The highest BCUT2D eigenvalue weighted by Gasteiger charge is 2.55. The van der Waals surface area contributed by atoms with Gasteiger partial charge in [0.25, 0.3) is 0 Å². The van der Waals surface area contributed by atoms with Gasteiger partial charge in [-0.3, -0.25) is 0 Å². The van der Waals surface area contributed by atoms with Crippen LogP contribution in [0.5, 0.6) is 0 Å². The first-order chi connectivity index (χ1) is 48.4. The van der Waals surface area contributed by atoms with Gasteiger partial charge in [0.1, 0.15) is 11.2 Å². The van der Waals surface area contributed by atoms with Crippen LogP contribution in [0.3, 0.4) is 0 Å². The SMILES string of the molecule is CC1(C)c2ccccc2-c2cc3c4ccccc4n(-c4cccc5c4C4(c6ccccc6-c6cc(-c7ccc8c9cc(-c%10ccc%11oc%12ccccc%12c%11c%10)ccc9n(-c9cccc%10c9-c9ccccc9C%109c%10ccccc%10-c%10ccccc%109)c8c7)ccc64)c4ccccc4-5)c3cc21. The van der Waals surface area contributed by atoms with Crippen LogP contribution in [-0.4, -0.2) is 9.13 Å². The zero-order chi connectivity index (χ0) is 64.1. The summed E-state index contributed by atoms with van der Waals surface area (Å²) in [5.74, 6) is 0. The highest BCUT2D eigenvalue weighted by molar-refractivity contribution is 6.15. The fourth-order valence-corrected chi connectivity index (χ4v) is 19.8. The van der Waals surface area contributed by atoms with Crippen molar-refractivity contribution in [1.82, 2.24) is 9.13 Å². The van der Waals surface area contributed by atoms with Gasteiger partial charge in [-0.25, -0.2) is 0 Å². The van der Waals surface area contributed by atoms with Gasteiger partial charge >= 0.3 is 0 Å². The van der Waals surface area contributed by atoms with Crippen LogP contribution >= 0.6 is 0 Å². The van der Waals surface area contributed by atoms with Gasteiger partial charge in [0.05, 0.1) is 44.3 Å². The molecule has 1 atom stereocenters. The zero-order valence-corrected chi connectivity index (χ0v) is 53.8. The minimum absolute atomic E-state index is 0.163. The van der Waals surface area contributed by atoms with Gasteiger partial charge < -0.3 is 13.6 Å². The third-order valence-corrected chi connectivity index (χ3v) is 23.7. The molecule has 0 radical (unpaired) electrons. The van der Waals surface area contributed by atoms with Crippen LogP contribution in [0.15, 0.2) is 320 Å². The summed E-state index contributed by atoms with van der Waals surface area (Å²) in [4.78, 5) is 0. The number of para-hydroxylation sites is 2. The van der Waals surface area contributed by atoms with Crippen molar-refractivity contribution in [3.63, 3.8) is 0 Å². The molecule has 0 fully saturated rings. The Hall–Kier alpha value is -12.3. The molecule has 23 rings (SSSR count). The first kappa shape index (κ1) is 53.0. The van der Waals surface area contributed by atoms with E-state index in [2.05, 4.69) is 332 Å². The van der Waals surface area contributed by atoms with Gasteiger partial charge in [-0.15, -0.1) is 0 Å². The summed E-state index contributed by atoms with van der Waals surface area (Å²) in [5.41, 5.74) is 38.7. The lowest BCUT2D eigenvalue weighted by Crippen LogP contribution is -2.27. The lowest BCUT2D eigenvalue weighted by Gasteiger charge is -2.32. The lowest BCUT2D eigenvalue weighted by molar-refractivity contribution is 0.661. The molecular weight excluding hydrogens is 1190 g/mol. The molecule has 2 spiro atoms. The fraction of sp³-hybridized carbons (Fsp3) is 0.0526. The van der Waals surface area contributed by atoms with E-state index < -0.39 is 10.8 Å². The minimum Gasteiger partial charge on any atom is -0.456 e. The van der Waals surface area contributed by atoms with Crippen LogP contribution in [0.4, 0.5) is 0 Å². The van der Waals surface area contributed by atoms with E-state index in [0.29, 0.717) is 0 Å². The molecule has 0 saturated heterocycles. The van der Waals surface area contributed by atoms with Crippen molar-refractivity contribution in [3.05, 3.63) is 371 Å². The predicted octanol–water partition coefficient (Wildman–Crippen LogP) is 24.1. The van der Waals surface area contributed by atoms with Crippen LogP contribution < -0.4 is 0 Å². The average molecular weight is 1240 g/mol. The van der Waals surface area contributed by atoms with Crippen LogP contribution in [0.25, 0.3) is 155 Å². The molecule has 454 valence electrons. The fourth-order valence-electron chi connectivity index (χ4n) is 19.8. The van der Waals surface area contributed by atoms with E-state index in [-0.39, 0.29) is 5.41 Å². The average Bonchev–Trinajstić information content (AvgIpc) is 1.51. The maximum atomic E-state index is 6.36. The summed E-state index contributed by atoms with van der Waals surface area (Å²) < 4.78 is 11.6. The zero-order valence-electron chi connectivity index (χ0n) is 53.8. The number of rotatable bonds is 4. The number of fused-ring (bicyclic) bond motifs is 32. The second-order valence-electron chi connectivity index (χ2n) is 28.4. The molecule has 3 nitrogen and oxygen atoms in total. The summed E-state index contributed by atoms with van der Waals surface area (Å²) in [6.45, 7) is 4.80. The summed E-state index contributed by atoms with van der Waals surface area (Å²) in [6.07, 6.45) is 0. The predicted molar refractivity (Wildman–Crippen MR) is 403 cm³/mol. The molecule has 0 bridgehead atoms. The van der Waals surface area contributed by atoms with Crippen molar-refractivity contribution in [1.29, 1.82) is 0 Å². The van der Waals surface area contributed by atoms with E-state index >= 15 is 0 Å². The number of nitrogens with zero attached hydrogens (tertiary/aromatic N) is 2. The third kappa shape index (κ3) is 6.37. The Morgan fingerprint density at radius 2 is 0.673 bits per heavy atom. The molecule has 0 saturated carbocycles. The van der Waals surface area contributed by atoms with E-state index in [1.54, 1.807) is 0 Å². The minimum atomic E-state index is -0.623. The molecule has 0 N–H and O–H groups in total. The molecule has 3 aromatic heterocycles. The molecule has 0 aliphatic heterocycles. The summed E-state index contributed by atoms with van der Waals surface area (Å²) in [7, 11) is 0. The van der Waals surface area contributed by atoms with E-state index in [1.807, 2.05) is 6.07 Å². The molecule has 3 heterocycles. The van der Waals surface area contributed by atoms with Gasteiger partial charge in [0, 0.05) is 48.9 Å². The quantitative estimate of drug-likeness (QED) is 0.172. The van der Waals surface area contributed by atoms with E-state index in [9.17, 15) is 0 Å². The Bertz CT molecular complexity index is 6630. The lowest BCUT2D eigenvalue weighted by atomic mass is 9.70. The van der Waals surface area contributed by atoms with Crippen molar-refractivity contribution in [2.24, 2.45) is 0 Å². The van der Waals surface area contributed by atoms with E-state index in [0.717, 1.165) is 44.1 Å². The molecule has 98 heavy (non-hydrogen) atoms. The van der Waals surface area contributed by atoms with Crippen molar-refractivity contribution in [2.45, 2.75) is 30.1 Å². The van der Waals surface area contributed by atoms with Gasteiger partial charge in [0.15, 0.2) is 0 Å². The summed E-state index contributed by atoms with van der Waals surface area (Å²) in [6, 6.07) is 120. The maximum Gasteiger partial charge on any atom is 0.135 e. The molecule has 15 aromatic carbocycles. The number of hydrogen-bond donors (Lipinski definition) is 0. The van der Waals surface area contributed by atoms with E-state index in [1.165, 1.54) is 166 Å². The first-order valence-electron chi connectivity index (χ1n) is 34.5. The Morgan fingerprint density at radius 3 is 1.42 bits per heavy atom. The largest absolute Gasteiger partial charge is 0.456 e. The standard InChI is InChI=1S/C95H58N2O/c1-93(2)74-30-11-3-24-62(74)70-53-72-64-26-9-17-37-83(64)97(88(72)54-82(70)93)86-39-19-29-67-61-23-6-14-33-77(61)95(92(67)86)78-34-15-7-25-63(78)69-49-55(42-46-80(69)95)58-41-45-65-71-50-56(57-44-48-90-73(51-57)66-27-10-18-40-89(66)98-90)43-47-84(71)96(87(65)52-58)85-38-20-36-81-91(85)68-28-8-16-35-79(68)94(81)75-31-12-4-21-59(75)60-22-5-13-32-76(60)94/h3-54H,1-2H3. The number of aromatic nitrogens is 2. The maximum absolute atomic E-state index is 6.36. The Balaban J connectivity index is 0.751. The summed E-state index contributed by atoms with van der Waals surface area (Å²) >= 11 is 0. The third-order valence-electron chi connectivity index (χ3n) is 23.7. The number of benzene rings is 15. The number of hydrogen-bond acceptors (Lipinski definition) is 1. The summed E-state index contributed by atoms with van der Waals surface area (Å²) in [5, 5.41) is 7.20. The van der Waals surface area contributed by atoms with Crippen molar-refractivity contribution in [2.75, 3.05) is 0 Å². The molecule has 0 amide bonds. The van der Waals surface area contributed by atoms with Gasteiger partial charge in [-0.2, -0.15) is 0 Å². The second-order valence-corrected chi connectivity index (χ2v) is 28.4. The molecule has 5 aliphatic rings. The highest BCUT2D eigenvalue weighted by Crippen LogP contribution is 2.67. The van der Waals surface area contributed by atoms with Gasteiger partial charge in [-0.1, -0.05) is 257 Å². The molecule has 1 unspecified atom stereocenters. The monoisotopic (exact) mass is 1240 g/mol. The van der Waals surface area contributed by atoms with Crippen LogP contribution in [0.1, 0.15) is 69.5 Å².